The number of anilines is 3. The lowest BCUT2D eigenvalue weighted by Gasteiger charge is -2.12. The zero-order valence-electron chi connectivity index (χ0n) is 20.3. The molecule has 0 fully saturated rings. The molecule has 1 atom stereocenters. The first-order valence-electron chi connectivity index (χ1n) is 12.2. The first-order valence-corrected chi connectivity index (χ1v) is 12.2. The molecule has 0 aliphatic carbocycles. The minimum Gasteiger partial charge on any atom is -0.355 e. The van der Waals surface area contributed by atoms with Gasteiger partial charge in [-0.25, -0.2) is 4.68 Å². The Balaban J connectivity index is 1.42. The van der Waals surface area contributed by atoms with Crippen molar-refractivity contribution >= 4 is 23.0 Å². The molecule has 0 spiro atoms. The third-order valence-corrected chi connectivity index (χ3v) is 6.03. The summed E-state index contributed by atoms with van der Waals surface area (Å²) in [5, 5.41) is 15.1. The molecular formula is C28H32N6O. The van der Waals surface area contributed by atoms with Crippen LogP contribution in [0.2, 0.25) is 0 Å². The fourth-order valence-corrected chi connectivity index (χ4v) is 4.03. The predicted octanol–water partition coefficient (Wildman–Crippen LogP) is 6.42. The van der Waals surface area contributed by atoms with Crippen molar-refractivity contribution in [1.29, 1.82) is 0 Å². The highest BCUT2D eigenvalue weighted by Crippen LogP contribution is 2.23. The summed E-state index contributed by atoms with van der Waals surface area (Å²) in [5.41, 5.74) is 4.98. The number of nitrogens with one attached hydrogen (secondary N) is 2. The highest BCUT2D eigenvalue weighted by molar-refractivity contribution is 6.04. The molecule has 4 rings (SSSR count). The van der Waals surface area contributed by atoms with Gasteiger partial charge in [-0.15, -0.1) is 5.10 Å². The van der Waals surface area contributed by atoms with Gasteiger partial charge in [0.05, 0.1) is 23.1 Å². The number of hydrogen-bond donors (Lipinski definition) is 2. The van der Waals surface area contributed by atoms with Crippen LogP contribution in [0.5, 0.6) is 0 Å². The van der Waals surface area contributed by atoms with Crippen LogP contribution in [-0.2, 0) is 6.42 Å². The molecule has 0 aliphatic rings. The van der Waals surface area contributed by atoms with E-state index in [-0.39, 0.29) is 5.91 Å². The number of unbranched alkanes of at least 4 members (excludes halogenated alkanes) is 1. The van der Waals surface area contributed by atoms with Crippen LogP contribution in [0, 0.1) is 5.92 Å². The Morgan fingerprint density at radius 3 is 2.57 bits per heavy atom. The summed E-state index contributed by atoms with van der Waals surface area (Å²) in [6.07, 6.45) is 11.1. The van der Waals surface area contributed by atoms with Crippen LogP contribution in [0.1, 0.15) is 55.6 Å². The van der Waals surface area contributed by atoms with Crippen LogP contribution < -0.4 is 10.6 Å². The van der Waals surface area contributed by atoms with E-state index in [1.807, 2.05) is 59.4 Å². The molecule has 4 aromatic rings. The summed E-state index contributed by atoms with van der Waals surface area (Å²) in [5.74, 6) is 0.457. The molecule has 2 aromatic carbocycles. The molecule has 2 heterocycles. The van der Waals surface area contributed by atoms with Crippen LogP contribution in [0.25, 0.3) is 5.69 Å². The first kappa shape index (κ1) is 24.1. The number of carbonyl (C=O) groups excluding carboxylic acids is 1. The molecule has 35 heavy (non-hydrogen) atoms. The number of amides is 1. The molecule has 0 saturated heterocycles. The van der Waals surface area contributed by atoms with Crippen molar-refractivity contribution in [3.8, 4) is 5.69 Å². The van der Waals surface area contributed by atoms with Crippen molar-refractivity contribution < 1.29 is 4.79 Å². The molecular weight excluding hydrogens is 436 g/mol. The second kappa shape index (κ2) is 11.9. The molecule has 0 aliphatic heterocycles. The van der Waals surface area contributed by atoms with E-state index in [9.17, 15) is 4.79 Å². The lowest BCUT2D eigenvalue weighted by atomic mass is 9.95. The summed E-state index contributed by atoms with van der Waals surface area (Å²) in [6.45, 7) is 4.48. The van der Waals surface area contributed by atoms with E-state index in [4.69, 9.17) is 0 Å². The van der Waals surface area contributed by atoms with Crippen LogP contribution >= 0.6 is 0 Å². The summed E-state index contributed by atoms with van der Waals surface area (Å²) in [4.78, 5) is 16.4. The lowest BCUT2D eigenvalue weighted by molar-refractivity contribution is 0.102. The summed E-state index contributed by atoms with van der Waals surface area (Å²) in [6, 6.07) is 19.1. The van der Waals surface area contributed by atoms with E-state index >= 15 is 0 Å². The maximum absolute atomic E-state index is 12.4. The van der Waals surface area contributed by atoms with Crippen LogP contribution in [0.3, 0.4) is 0 Å². The summed E-state index contributed by atoms with van der Waals surface area (Å²) >= 11 is 0. The van der Waals surface area contributed by atoms with Gasteiger partial charge in [0.25, 0.3) is 5.91 Å². The highest BCUT2D eigenvalue weighted by atomic mass is 16.1. The average molecular weight is 469 g/mol. The fraction of sp³-hybridized carbons (Fsp3) is 0.286. The largest absolute Gasteiger partial charge is 0.355 e. The van der Waals surface area contributed by atoms with Crippen LogP contribution in [-0.4, -0.2) is 25.9 Å². The van der Waals surface area contributed by atoms with E-state index in [2.05, 4.69) is 39.8 Å². The summed E-state index contributed by atoms with van der Waals surface area (Å²) in [7, 11) is 0. The Kier molecular flexibility index (Phi) is 8.22. The van der Waals surface area contributed by atoms with Gasteiger partial charge >= 0.3 is 0 Å². The molecule has 2 aromatic heterocycles. The molecule has 1 amide bonds. The van der Waals surface area contributed by atoms with Crippen molar-refractivity contribution in [2.24, 2.45) is 5.92 Å². The van der Waals surface area contributed by atoms with Gasteiger partial charge in [-0.1, -0.05) is 56.9 Å². The Morgan fingerprint density at radius 1 is 1.00 bits per heavy atom. The maximum Gasteiger partial charge on any atom is 0.257 e. The molecule has 7 nitrogen and oxygen atoms in total. The lowest BCUT2D eigenvalue weighted by Crippen LogP contribution is -2.12. The molecule has 180 valence electrons. The van der Waals surface area contributed by atoms with Gasteiger partial charge in [0.1, 0.15) is 0 Å². The molecule has 1 unspecified atom stereocenters. The number of benzene rings is 2. The fourth-order valence-electron chi connectivity index (χ4n) is 4.03. The van der Waals surface area contributed by atoms with Crippen molar-refractivity contribution in [2.45, 2.75) is 46.0 Å². The van der Waals surface area contributed by atoms with Crippen molar-refractivity contribution in [2.75, 3.05) is 10.6 Å². The van der Waals surface area contributed by atoms with Gasteiger partial charge in [-0.3, -0.25) is 9.78 Å². The van der Waals surface area contributed by atoms with Crippen molar-refractivity contribution in [3.63, 3.8) is 0 Å². The van der Waals surface area contributed by atoms with Crippen molar-refractivity contribution in [3.05, 3.63) is 90.5 Å². The van der Waals surface area contributed by atoms with E-state index in [0.29, 0.717) is 17.2 Å². The molecule has 0 saturated carbocycles. The Morgan fingerprint density at radius 2 is 1.80 bits per heavy atom. The standard InChI is InChI=1S/C28H32N6O/c1-3-5-9-21(4-2)16-26-20-34(33-32-26)27-14-7-13-25(18-27)30-23-11-6-12-24(17-23)31-28(35)22-10-8-15-29-19-22/h6-8,10-15,17-21,30H,3-5,9,16H2,1-2H3,(H,31,35). The number of pyridine rings is 1. The van der Waals surface area contributed by atoms with E-state index in [1.54, 1.807) is 24.5 Å². The van der Waals surface area contributed by atoms with Crippen molar-refractivity contribution in [1.82, 2.24) is 20.0 Å². The number of rotatable bonds is 11. The second-order valence-corrected chi connectivity index (χ2v) is 8.73. The van der Waals surface area contributed by atoms with Gasteiger partial charge in [-0.2, -0.15) is 0 Å². The third kappa shape index (κ3) is 6.76. The molecule has 7 heteroatoms. The quantitative estimate of drug-likeness (QED) is 0.265. The summed E-state index contributed by atoms with van der Waals surface area (Å²) < 4.78 is 1.83. The van der Waals surface area contributed by atoms with E-state index < -0.39 is 0 Å². The zero-order valence-corrected chi connectivity index (χ0v) is 20.3. The Bertz CT molecular complexity index is 1240. The highest BCUT2D eigenvalue weighted by Gasteiger charge is 2.11. The molecule has 2 N–H and O–H groups in total. The van der Waals surface area contributed by atoms with E-state index in [0.717, 1.165) is 35.6 Å². The normalized spacial score (nSPS) is 11.7. The predicted molar refractivity (Wildman–Crippen MR) is 140 cm³/mol. The minimum atomic E-state index is -0.195. The van der Waals surface area contributed by atoms with E-state index in [1.165, 1.54) is 19.3 Å². The van der Waals surface area contributed by atoms with Gasteiger partial charge in [0.2, 0.25) is 0 Å². The Labute approximate surface area is 206 Å². The zero-order chi connectivity index (χ0) is 24.5. The Hall–Kier alpha value is -4.00. The number of aromatic nitrogens is 4. The second-order valence-electron chi connectivity index (χ2n) is 8.73. The third-order valence-electron chi connectivity index (χ3n) is 6.03. The molecule has 0 radical (unpaired) electrons. The first-order chi connectivity index (χ1) is 17.1. The number of carbonyl (C=O) groups is 1. The van der Waals surface area contributed by atoms with Gasteiger partial charge in [0.15, 0.2) is 0 Å². The SMILES string of the molecule is CCCCC(CC)Cc1cn(-c2cccc(Nc3cccc(NC(=O)c4cccnc4)c3)c2)nn1. The minimum absolute atomic E-state index is 0.195. The monoisotopic (exact) mass is 468 g/mol. The van der Waals surface area contributed by atoms with Gasteiger partial charge in [0, 0.05) is 29.5 Å². The number of nitrogens with zero attached hydrogens (tertiary/aromatic N) is 4. The number of hydrogen-bond acceptors (Lipinski definition) is 5. The molecule has 0 bridgehead atoms. The maximum atomic E-state index is 12.4. The van der Waals surface area contributed by atoms with Gasteiger partial charge in [-0.05, 0) is 60.9 Å². The van der Waals surface area contributed by atoms with Crippen LogP contribution in [0.15, 0.2) is 79.3 Å². The smallest absolute Gasteiger partial charge is 0.257 e. The van der Waals surface area contributed by atoms with Crippen LogP contribution in [0.4, 0.5) is 17.1 Å². The topological polar surface area (TPSA) is 84.7 Å². The van der Waals surface area contributed by atoms with Gasteiger partial charge < -0.3 is 10.6 Å². The average Bonchev–Trinajstić information content (AvgIpc) is 3.36.